The number of allylic oxidation sites excluding steroid dienone is 1. The van der Waals surface area contributed by atoms with Crippen LogP contribution in [0.15, 0.2) is 40.3 Å². The molecule has 0 atom stereocenters. The Morgan fingerprint density at radius 2 is 2.00 bits per heavy atom. The van der Waals surface area contributed by atoms with Gasteiger partial charge in [-0.3, -0.25) is 5.84 Å². The lowest BCUT2D eigenvalue weighted by atomic mass is 10.2. The summed E-state index contributed by atoms with van der Waals surface area (Å²) in [5.74, 6) is 4.96. The molecule has 0 fully saturated rings. The van der Waals surface area contributed by atoms with E-state index >= 15 is 0 Å². The number of benzene rings is 1. The summed E-state index contributed by atoms with van der Waals surface area (Å²) in [5, 5.41) is 8.72. The Bertz CT molecular complexity index is 538. The van der Waals surface area contributed by atoms with E-state index in [1.165, 1.54) is 12.1 Å². The number of hydrogen-bond donors (Lipinski definition) is 2. The summed E-state index contributed by atoms with van der Waals surface area (Å²) >= 11 is 0. The Kier molecular flexibility index (Phi) is 3.66. The summed E-state index contributed by atoms with van der Waals surface area (Å²) in [5.41, 5.74) is 2.99. The number of hydrazine groups is 1. The number of hydrogen-bond acceptors (Lipinski definition) is 5. The predicted octanol–water partition coefficient (Wildman–Crippen LogP) is 0.597. The van der Waals surface area contributed by atoms with Crippen LogP contribution in [0.5, 0.6) is 0 Å². The van der Waals surface area contributed by atoms with E-state index < -0.39 is 14.7 Å². The Hall–Kier alpha value is -1.84. The van der Waals surface area contributed by atoms with Crippen LogP contribution in [0.1, 0.15) is 5.56 Å². The zero-order chi connectivity index (χ0) is 12.2. The van der Waals surface area contributed by atoms with E-state index in [0.29, 0.717) is 0 Å². The van der Waals surface area contributed by atoms with Crippen molar-refractivity contribution in [2.75, 3.05) is 0 Å². The van der Waals surface area contributed by atoms with Crippen LogP contribution in [0.2, 0.25) is 0 Å². The fourth-order valence-corrected chi connectivity index (χ4v) is 2.18. The van der Waals surface area contributed by atoms with Crippen LogP contribution in [-0.4, -0.2) is 8.42 Å². The second-order valence-electron chi connectivity index (χ2n) is 3.10. The predicted molar refractivity (Wildman–Crippen MR) is 59.4 cm³/mol. The van der Waals surface area contributed by atoms with Gasteiger partial charge in [0.2, 0.25) is 9.84 Å². The van der Waals surface area contributed by atoms with Crippen LogP contribution in [0.4, 0.5) is 0 Å². The second-order valence-corrected chi connectivity index (χ2v) is 5.02. The number of nitriles is 1. The molecule has 6 heteroatoms. The van der Waals surface area contributed by atoms with E-state index in [4.69, 9.17) is 11.1 Å². The van der Waals surface area contributed by atoms with Crippen LogP contribution in [0, 0.1) is 18.3 Å². The van der Waals surface area contributed by atoms with Gasteiger partial charge in [0.15, 0.2) is 4.91 Å². The Morgan fingerprint density at radius 3 is 2.44 bits per heavy atom. The maximum absolute atomic E-state index is 11.9. The minimum Gasteiger partial charge on any atom is -0.329 e. The van der Waals surface area contributed by atoms with Crippen LogP contribution >= 0.6 is 0 Å². The zero-order valence-corrected chi connectivity index (χ0v) is 9.45. The first-order valence-electron chi connectivity index (χ1n) is 4.40. The van der Waals surface area contributed by atoms with Gasteiger partial charge in [-0.25, -0.2) is 8.42 Å². The molecule has 0 bridgehead atoms. The monoisotopic (exact) mass is 237 g/mol. The molecule has 0 saturated carbocycles. The number of sulfone groups is 1. The molecule has 1 rings (SSSR count). The number of rotatable bonds is 3. The number of nitrogens with two attached hydrogens (primary N) is 1. The first kappa shape index (κ1) is 12.2. The highest BCUT2D eigenvalue weighted by Gasteiger charge is 2.20. The molecular formula is C10H11N3O2S. The number of aryl methyl sites for hydroxylation is 1. The minimum atomic E-state index is -3.77. The van der Waals surface area contributed by atoms with Gasteiger partial charge in [0.1, 0.15) is 6.07 Å². The molecule has 0 heterocycles. The van der Waals surface area contributed by atoms with Gasteiger partial charge in [-0.05, 0) is 19.1 Å². The van der Waals surface area contributed by atoms with Crippen molar-refractivity contribution in [2.45, 2.75) is 11.8 Å². The highest BCUT2D eigenvalue weighted by atomic mass is 32.2. The molecular weight excluding hydrogens is 226 g/mol. The van der Waals surface area contributed by atoms with Gasteiger partial charge >= 0.3 is 0 Å². The van der Waals surface area contributed by atoms with Crippen LogP contribution in [-0.2, 0) is 9.84 Å². The fourth-order valence-electron chi connectivity index (χ4n) is 1.09. The summed E-state index contributed by atoms with van der Waals surface area (Å²) < 4.78 is 23.8. The van der Waals surface area contributed by atoms with E-state index in [1.807, 2.05) is 12.3 Å². The molecule has 1 aromatic rings. The van der Waals surface area contributed by atoms with Crippen molar-refractivity contribution >= 4 is 9.84 Å². The first-order chi connectivity index (χ1) is 7.52. The van der Waals surface area contributed by atoms with E-state index in [2.05, 4.69) is 0 Å². The summed E-state index contributed by atoms with van der Waals surface area (Å²) in [6.07, 6.45) is 0.954. The first-order valence-corrected chi connectivity index (χ1v) is 5.89. The average molecular weight is 237 g/mol. The van der Waals surface area contributed by atoms with Gasteiger partial charge in [0.05, 0.1) is 4.90 Å². The van der Waals surface area contributed by atoms with Crippen molar-refractivity contribution < 1.29 is 8.42 Å². The van der Waals surface area contributed by atoms with E-state index in [9.17, 15) is 8.42 Å². The normalized spacial score (nSPS) is 11.9. The van der Waals surface area contributed by atoms with E-state index in [0.717, 1.165) is 11.8 Å². The molecule has 0 aromatic heterocycles. The lowest BCUT2D eigenvalue weighted by molar-refractivity contribution is 0.602. The molecule has 0 aliphatic carbocycles. The molecule has 0 aliphatic heterocycles. The molecule has 84 valence electrons. The molecule has 5 nitrogen and oxygen atoms in total. The third-order valence-electron chi connectivity index (χ3n) is 1.95. The fraction of sp³-hybridized carbons (Fsp3) is 0.100. The SMILES string of the molecule is Cc1ccc(S(=O)(=O)C(C#N)=CNN)cc1. The van der Waals surface area contributed by atoms with Crippen molar-refractivity contribution in [1.82, 2.24) is 5.43 Å². The zero-order valence-electron chi connectivity index (χ0n) is 8.64. The number of nitrogens with zero attached hydrogens (tertiary/aromatic N) is 1. The summed E-state index contributed by atoms with van der Waals surface area (Å²) in [4.78, 5) is -0.347. The van der Waals surface area contributed by atoms with Gasteiger partial charge in [0.25, 0.3) is 0 Å². The highest BCUT2D eigenvalue weighted by molar-refractivity contribution is 7.95. The summed E-state index contributed by atoms with van der Waals surface area (Å²) in [6, 6.07) is 7.82. The molecule has 0 amide bonds. The molecule has 0 spiro atoms. The van der Waals surface area contributed by atoms with Gasteiger partial charge < -0.3 is 5.43 Å². The molecule has 0 aliphatic rings. The third kappa shape index (κ3) is 2.39. The number of nitrogens with one attached hydrogen (secondary N) is 1. The Balaban J connectivity index is 3.27. The van der Waals surface area contributed by atoms with Crippen molar-refractivity contribution in [3.8, 4) is 6.07 Å². The molecule has 1 aromatic carbocycles. The second kappa shape index (κ2) is 4.79. The Labute approximate surface area is 94.1 Å². The molecule has 0 saturated heterocycles. The van der Waals surface area contributed by atoms with Crippen molar-refractivity contribution in [1.29, 1.82) is 5.26 Å². The van der Waals surface area contributed by atoms with E-state index in [1.54, 1.807) is 18.2 Å². The summed E-state index contributed by atoms with van der Waals surface area (Å²) in [7, 11) is -3.77. The third-order valence-corrected chi connectivity index (χ3v) is 3.63. The quantitative estimate of drug-likeness (QED) is 0.456. The Morgan fingerprint density at radius 1 is 1.44 bits per heavy atom. The lowest BCUT2D eigenvalue weighted by Gasteiger charge is -2.02. The van der Waals surface area contributed by atoms with Gasteiger partial charge in [-0.15, -0.1) is 0 Å². The maximum atomic E-state index is 11.9. The largest absolute Gasteiger partial charge is 0.329 e. The van der Waals surface area contributed by atoms with Crippen LogP contribution < -0.4 is 11.3 Å². The lowest BCUT2D eigenvalue weighted by Crippen LogP contribution is -2.16. The average Bonchev–Trinajstić information content (AvgIpc) is 2.26. The maximum Gasteiger partial charge on any atom is 0.218 e. The van der Waals surface area contributed by atoms with Gasteiger partial charge in [0, 0.05) is 6.20 Å². The molecule has 16 heavy (non-hydrogen) atoms. The minimum absolute atomic E-state index is 0.0705. The van der Waals surface area contributed by atoms with Crippen molar-refractivity contribution in [2.24, 2.45) is 5.84 Å². The van der Waals surface area contributed by atoms with Crippen molar-refractivity contribution in [3.05, 3.63) is 40.9 Å². The van der Waals surface area contributed by atoms with E-state index in [-0.39, 0.29) is 4.90 Å². The van der Waals surface area contributed by atoms with Gasteiger partial charge in [-0.2, -0.15) is 5.26 Å². The topological polar surface area (TPSA) is 96.0 Å². The van der Waals surface area contributed by atoms with Crippen LogP contribution in [0.3, 0.4) is 0 Å². The highest BCUT2D eigenvalue weighted by Crippen LogP contribution is 2.18. The molecule has 0 unspecified atom stereocenters. The standard InChI is InChI=1S/C10H11N3O2S/c1-8-2-4-9(5-3-8)16(14,15)10(6-11)7-13-12/h2-5,7,13H,12H2,1H3. The van der Waals surface area contributed by atoms with Crippen molar-refractivity contribution in [3.63, 3.8) is 0 Å². The molecule has 3 N–H and O–H groups in total. The van der Waals surface area contributed by atoms with Crippen LogP contribution in [0.25, 0.3) is 0 Å². The smallest absolute Gasteiger partial charge is 0.218 e. The summed E-state index contributed by atoms with van der Waals surface area (Å²) in [6.45, 7) is 1.85. The van der Waals surface area contributed by atoms with Gasteiger partial charge in [-0.1, -0.05) is 17.7 Å². The molecule has 0 radical (unpaired) electrons.